The second-order valence-electron chi connectivity index (χ2n) is 6.79. The molecule has 3 heterocycles. The number of para-hydroxylation sites is 1. The SMILES string of the molecule is CCc1c(C(=O)N2CCCN(C(=O)c3ccco3)CC2)[nH]c2ccccc12. The zero-order valence-corrected chi connectivity index (χ0v) is 15.4. The quantitative estimate of drug-likeness (QED) is 0.774. The van der Waals surface area contributed by atoms with Crippen LogP contribution in [-0.4, -0.2) is 52.8 Å². The Labute approximate surface area is 157 Å². The molecule has 0 spiro atoms. The Kier molecular flexibility index (Phi) is 4.71. The number of benzene rings is 1. The molecule has 1 saturated heterocycles. The minimum absolute atomic E-state index is 0.00958. The third-order valence-electron chi connectivity index (χ3n) is 5.18. The van der Waals surface area contributed by atoms with E-state index in [0.717, 1.165) is 29.3 Å². The Morgan fingerprint density at radius 1 is 1.00 bits per heavy atom. The third-order valence-corrected chi connectivity index (χ3v) is 5.18. The van der Waals surface area contributed by atoms with Crippen LogP contribution in [0, 0.1) is 0 Å². The Morgan fingerprint density at radius 3 is 2.44 bits per heavy atom. The molecule has 140 valence electrons. The van der Waals surface area contributed by atoms with Gasteiger partial charge in [0.25, 0.3) is 11.8 Å². The fourth-order valence-electron chi connectivity index (χ4n) is 3.79. The molecule has 3 aromatic rings. The Hall–Kier alpha value is -3.02. The van der Waals surface area contributed by atoms with Crippen molar-refractivity contribution in [3.8, 4) is 0 Å². The van der Waals surface area contributed by atoms with Crippen molar-refractivity contribution in [2.45, 2.75) is 19.8 Å². The van der Waals surface area contributed by atoms with Gasteiger partial charge in [0, 0.05) is 37.1 Å². The van der Waals surface area contributed by atoms with E-state index < -0.39 is 0 Å². The normalized spacial score (nSPS) is 15.1. The minimum Gasteiger partial charge on any atom is -0.459 e. The second-order valence-corrected chi connectivity index (χ2v) is 6.79. The molecular formula is C21H23N3O3. The number of carbonyl (C=O) groups excluding carboxylic acids is 2. The first-order valence-corrected chi connectivity index (χ1v) is 9.40. The molecule has 1 fully saturated rings. The molecule has 0 aliphatic carbocycles. The number of aryl methyl sites for hydroxylation is 1. The molecule has 6 nitrogen and oxygen atoms in total. The van der Waals surface area contributed by atoms with Crippen LogP contribution in [0.5, 0.6) is 0 Å². The van der Waals surface area contributed by atoms with Crippen molar-refractivity contribution in [2.24, 2.45) is 0 Å². The van der Waals surface area contributed by atoms with Crippen LogP contribution in [0.25, 0.3) is 10.9 Å². The van der Waals surface area contributed by atoms with E-state index >= 15 is 0 Å². The highest BCUT2D eigenvalue weighted by atomic mass is 16.3. The zero-order valence-electron chi connectivity index (χ0n) is 15.4. The largest absolute Gasteiger partial charge is 0.459 e. The van der Waals surface area contributed by atoms with Crippen LogP contribution in [0.2, 0.25) is 0 Å². The highest BCUT2D eigenvalue weighted by Gasteiger charge is 2.26. The summed E-state index contributed by atoms with van der Waals surface area (Å²) in [5, 5.41) is 1.10. The van der Waals surface area contributed by atoms with Gasteiger partial charge in [-0.1, -0.05) is 25.1 Å². The highest BCUT2D eigenvalue weighted by Crippen LogP contribution is 2.24. The van der Waals surface area contributed by atoms with Crippen LogP contribution in [-0.2, 0) is 6.42 Å². The van der Waals surface area contributed by atoms with Crippen molar-refractivity contribution in [3.63, 3.8) is 0 Å². The Bertz CT molecular complexity index is 958. The van der Waals surface area contributed by atoms with E-state index in [4.69, 9.17) is 4.42 Å². The lowest BCUT2D eigenvalue weighted by Gasteiger charge is -2.21. The average Bonchev–Trinajstić information content (AvgIpc) is 3.28. The Balaban J connectivity index is 1.53. The summed E-state index contributed by atoms with van der Waals surface area (Å²) in [4.78, 5) is 32.6. The van der Waals surface area contributed by atoms with Crippen molar-refractivity contribution in [3.05, 3.63) is 59.7 Å². The molecular weight excluding hydrogens is 342 g/mol. The molecule has 27 heavy (non-hydrogen) atoms. The lowest BCUT2D eigenvalue weighted by molar-refractivity contribution is 0.0698. The molecule has 1 aliphatic rings. The maximum Gasteiger partial charge on any atom is 0.289 e. The number of H-pyrrole nitrogens is 1. The van der Waals surface area contributed by atoms with Crippen molar-refractivity contribution < 1.29 is 14.0 Å². The predicted octanol–water partition coefficient (Wildman–Crippen LogP) is 3.31. The van der Waals surface area contributed by atoms with Crippen molar-refractivity contribution >= 4 is 22.7 Å². The lowest BCUT2D eigenvalue weighted by atomic mass is 10.1. The van der Waals surface area contributed by atoms with Crippen molar-refractivity contribution in [1.82, 2.24) is 14.8 Å². The van der Waals surface area contributed by atoms with Gasteiger partial charge in [-0.15, -0.1) is 0 Å². The van der Waals surface area contributed by atoms with Gasteiger partial charge in [-0.25, -0.2) is 0 Å². The van der Waals surface area contributed by atoms with Gasteiger partial charge in [0.2, 0.25) is 0 Å². The van der Waals surface area contributed by atoms with Gasteiger partial charge in [0.1, 0.15) is 5.69 Å². The van der Waals surface area contributed by atoms with E-state index in [1.807, 2.05) is 29.2 Å². The van der Waals surface area contributed by atoms with E-state index in [-0.39, 0.29) is 11.8 Å². The van der Waals surface area contributed by atoms with Gasteiger partial charge >= 0.3 is 0 Å². The van der Waals surface area contributed by atoms with Crippen LogP contribution in [0.15, 0.2) is 47.1 Å². The summed E-state index contributed by atoms with van der Waals surface area (Å²) in [6.45, 7) is 4.35. The van der Waals surface area contributed by atoms with E-state index in [0.29, 0.717) is 37.6 Å². The highest BCUT2D eigenvalue weighted by molar-refractivity contribution is 6.01. The van der Waals surface area contributed by atoms with Crippen LogP contribution in [0.4, 0.5) is 0 Å². The number of rotatable bonds is 3. The van der Waals surface area contributed by atoms with Crippen molar-refractivity contribution in [1.29, 1.82) is 0 Å². The molecule has 0 radical (unpaired) electrons. The van der Waals surface area contributed by atoms with Gasteiger partial charge in [-0.2, -0.15) is 0 Å². The molecule has 1 N–H and O–H groups in total. The number of fused-ring (bicyclic) bond motifs is 1. The van der Waals surface area contributed by atoms with Gasteiger partial charge < -0.3 is 19.2 Å². The van der Waals surface area contributed by atoms with Crippen LogP contribution in [0.1, 0.15) is 40.0 Å². The third kappa shape index (κ3) is 3.23. The monoisotopic (exact) mass is 365 g/mol. The maximum atomic E-state index is 13.2. The fourth-order valence-corrected chi connectivity index (χ4v) is 3.79. The lowest BCUT2D eigenvalue weighted by Crippen LogP contribution is -2.37. The number of amides is 2. The van der Waals surface area contributed by atoms with E-state index in [9.17, 15) is 9.59 Å². The van der Waals surface area contributed by atoms with Gasteiger partial charge in [0.05, 0.1) is 6.26 Å². The molecule has 0 saturated carbocycles. The van der Waals surface area contributed by atoms with Crippen LogP contribution < -0.4 is 0 Å². The average molecular weight is 365 g/mol. The number of hydrogen-bond donors (Lipinski definition) is 1. The number of nitrogens with one attached hydrogen (secondary N) is 1. The number of nitrogens with zero attached hydrogens (tertiary/aromatic N) is 2. The Morgan fingerprint density at radius 2 is 1.74 bits per heavy atom. The summed E-state index contributed by atoms with van der Waals surface area (Å²) < 4.78 is 5.22. The van der Waals surface area contributed by atoms with Crippen LogP contribution in [0.3, 0.4) is 0 Å². The standard InChI is InChI=1S/C21H23N3O3/c1-2-15-16-7-3-4-8-17(16)22-19(15)21(26)24-11-6-10-23(12-13-24)20(25)18-9-5-14-27-18/h3-5,7-9,14,22H,2,6,10-13H2,1H3. The fraction of sp³-hybridized carbons (Fsp3) is 0.333. The number of furan rings is 1. The van der Waals surface area contributed by atoms with E-state index in [1.165, 1.54) is 6.26 Å². The summed E-state index contributed by atoms with van der Waals surface area (Å²) in [6.07, 6.45) is 3.05. The predicted molar refractivity (Wildman–Crippen MR) is 103 cm³/mol. The van der Waals surface area contributed by atoms with Gasteiger partial charge in [0.15, 0.2) is 5.76 Å². The molecule has 1 aromatic carbocycles. The smallest absolute Gasteiger partial charge is 0.289 e. The van der Waals surface area contributed by atoms with Crippen molar-refractivity contribution in [2.75, 3.05) is 26.2 Å². The molecule has 1 aliphatic heterocycles. The zero-order chi connectivity index (χ0) is 18.8. The van der Waals surface area contributed by atoms with Gasteiger partial charge in [-0.3, -0.25) is 9.59 Å². The van der Waals surface area contributed by atoms with Gasteiger partial charge in [-0.05, 0) is 36.6 Å². The molecule has 2 aromatic heterocycles. The molecule has 0 bridgehead atoms. The number of hydrogen-bond acceptors (Lipinski definition) is 3. The first-order chi connectivity index (χ1) is 13.2. The summed E-state index contributed by atoms with van der Waals surface area (Å²) in [7, 11) is 0. The molecule has 0 unspecified atom stereocenters. The molecule has 6 heteroatoms. The first-order valence-electron chi connectivity index (χ1n) is 9.40. The first kappa shape index (κ1) is 17.4. The summed E-state index contributed by atoms with van der Waals surface area (Å²) in [5.74, 6) is 0.239. The van der Waals surface area contributed by atoms with E-state index in [1.54, 1.807) is 17.0 Å². The molecule has 0 atom stereocenters. The topological polar surface area (TPSA) is 69.6 Å². The molecule has 2 amide bonds. The maximum absolute atomic E-state index is 13.2. The summed E-state index contributed by atoms with van der Waals surface area (Å²) in [6, 6.07) is 11.4. The summed E-state index contributed by atoms with van der Waals surface area (Å²) >= 11 is 0. The van der Waals surface area contributed by atoms with E-state index in [2.05, 4.69) is 11.9 Å². The summed E-state index contributed by atoms with van der Waals surface area (Å²) in [5.41, 5.74) is 2.72. The number of aromatic amines is 1. The van der Waals surface area contributed by atoms with Crippen LogP contribution >= 0.6 is 0 Å². The minimum atomic E-state index is -0.117. The second kappa shape index (κ2) is 7.31. The number of carbonyl (C=O) groups is 2. The molecule has 4 rings (SSSR count). The number of aromatic nitrogens is 1.